The molecule has 1 amide bonds. The molecule has 1 fully saturated rings. The van der Waals surface area contributed by atoms with Crippen LogP contribution in [0, 0.1) is 5.92 Å². The minimum atomic E-state index is -0.580. The molecule has 6 heteroatoms. The van der Waals surface area contributed by atoms with E-state index < -0.39 is 11.5 Å². The van der Waals surface area contributed by atoms with Crippen molar-refractivity contribution in [3.8, 4) is 11.5 Å². The lowest BCUT2D eigenvalue weighted by Gasteiger charge is -2.55. The van der Waals surface area contributed by atoms with Gasteiger partial charge in [0.05, 0.1) is 5.41 Å². The number of unbranched alkanes of at least 4 members (excludes halogenated alkanes) is 3. The van der Waals surface area contributed by atoms with Gasteiger partial charge in [-0.05, 0) is 44.5 Å². The third-order valence-electron chi connectivity index (χ3n) is 7.66. The molecule has 0 unspecified atom stereocenters. The number of ether oxygens (including phenoxy) is 1. The summed E-state index contributed by atoms with van der Waals surface area (Å²) in [6.07, 6.45) is 9.38. The van der Waals surface area contributed by atoms with Crippen molar-refractivity contribution in [2.75, 3.05) is 18.9 Å². The lowest BCUT2D eigenvalue weighted by molar-refractivity contribution is -0.127. The molecule has 0 radical (unpaired) electrons. The largest absolute Gasteiger partial charge is 0.504 e. The van der Waals surface area contributed by atoms with Crippen LogP contribution in [0.2, 0.25) is 0 Å². The first kappa shape index (κ1) is 19.6. The van der Waals surface area contributed by atoms with E-state index in [4.69, 9.17) is 4.74 Å². The van der Waals surface area contributed by atoms with Gasteiger partial charge in [-0.2, -0.15) is 0 Å². The zero-order valence-corrected chi connectivity index (χ0v) is 17.7. The van der Waals surface area contributed by atoms with Crippen molar-refractivity contribution in [2.24, 2.45) is 5.92 Å². The van der Waals surface area contributed by atoms with E-state index in [1.807, 2.05) is 0 Å². The molecule has 1 spiro atoms. The summed E-state index contributed by atoms with van der Waals surface area (Å²) < 4.78 is 6.13. The van der Waals surface area contributed by atoms with Crippen molar-refractivity contribution in [2.45, 2.75) is 69.4 Å². The molecule has 5 rings (SSSR count). The Balaban J connectivity index is 1.55. The van der Waals surface area contributed by atoms with Crippen LogP contribution in [0.3, 0.4) is 0 Å². The summed E-state index contributed by atoms with van der Waals surface area (Å²) in [5.41, 5.74) is 2.23. The van der Waals surface area contributed by atoms with Crippen molar-refractivity contribution in [3.63, 3.8) is 0 Å². The third-order valence-corrected chi connectivity index (χ3v) is 7.66. The van der Waals surface area contributed by atoms with E-state index in [-0.39, 0.29) is 29.4 Å². The van der Waals surface area contributed by atoms with Crippen molar-refractivity contribution in [1.82, 2.24) is 4.90 Å². The Morgan fingerprint density at radius 2 is 2.20 bits per heavy atom. The number of nitrogens with zero attached hydrogens (tertiary/aromatic N) is 1. The molecule has 2 heterocycles. The first-order chi connectivity index (χ1) is 14.5. The third kappa shape index (κ3) is 2.66. The van der Waals surface area contributed by atoms with E-state index in [9.17, 15) is 14.7 Å². The van der Waals surface area contributed by atoms with Crippen LogP contribution in [0.4, 0.5) is 5.69 Å². The molecule has 2 bridgehead atoms. The number of ketones is 1. The fraction of sp³-hybridized carbons (Fsp3) is 0.583. The molecule has 4 aliphatic rings. The van der Waals surface area contributed by atoms with E-state index >= 15 is 0 Å². The summed E-state index contributed by atoms with van der Waals surface area (Å²) >= 11 is 0. The van der Waals surface area contributed by atoms with Gasteiger partial charge in [-0.15, -0.1) is 0 Å². The Bertz CT molecular complexity index is 940. The van der Waals surface area contributed by atoms with Gasteiger partial charge in [0, 0.05) is 35.7 Å². The van der Waals surface area contributed by atoms with Gasteiger partial charge in [0.2, 0.25) is 5.91 Å². The molecular formula is C24H30N2O4. The second-order valence-electron chi connectivity index (χ2n) is 9.31. The van der Waals surface area contributed by atoms with Crippen molar-refractivity contribution < 1.29 is 19.4 Å². The van der Waals surface area contributed by atoms with Gasteiger partial charge in [0.15, 0.2) is 23.4 Å². The average molecular weight is 411 g/mol. The van der Waals surface area contributed by atoms with Gasteiger partial charge in [-0.3, -0.25) is 9.59 Å². The van der Waals surface area contributed by atoms with Gasteiger partial charge < -0.3 is 20.1 Å². The molecule has 2 aliphatic carbocycles. The molecule has 30 heavy (non-hydrogen) atoms. The fourth-order valence-electron chi connectivity index (χ4n) is 6.20. The number of likely N-dealkylation sites (N-methyl/N-ethyl adjacent to an activating group) is 1. The van der Waals surface area contributed by atoms with Gasteiger partial charge in [0.25, 0.3) is 0 Å². The van der Waals surface area contributed by atoms with Crippen LogP contribution >= 0.6 is 0 Å². The second-order valence-corrected chi connectivity index (χ2v) is 9.31. The van der Waals surface area contributed by atoms with Crippen LogP contribution in [-0.4, -0.2) is 47.4 Å². The van der Waals surface area contributed by atoms with Crippen molar-refractivity contribution in [3.05, 3.63) is 29.3 Å². The molecule has 1 aromatic carbocycles. The Kier molecular flexibility index (Phi) is 4.65. The van der Waals surface area contributed by atoms with Gasteiger partial charge in [0.1, 0.15) is 0 Å². The molecule has 4 atom stereocenters. The van der Waals surface area contributed by atoms with Crippen LogP contribution in [0.1, 0.15) is 56.6 Å². The highest BCUT2D eigenvalue weighted by atomic mass is 16.5. The number of nitrogens with one attached hydrogen (secondary N) is 1. The number of anilines is 1. The highest BCUT2D eigenvalue weighted by Crippen LogP contribution is 2.63. The maximum atomic E-state index is 12.8. The van der Waals surface area contributed by atoms with Crippen molar-refractivity contribution in [1.29, 1.82) is 0 Å². The Morgan fingerprint density at radius 3 is 3.00 bits per heavy atom. The first-order valence-electron chi connectivity index (χ1n) is 11.3. The number of carbonyl (C=O) groups is 2. The predicted molar refractivity (Wildman–Crippen MR) is 114 cm³/mol. The summed E-state index contributed by atoms with van der Waals surface area (Å²) in [6, 6.07) is 1.86. The minimum Gasteiger partial charge on any atom is -0.504 e. The molecule has 1 saturated heterocycles. The number of hydrogen-bond acceptors (Lipinski definition) is 5. The number of likely N-dealkylation sites (tertiary alicyclic amines) is 1. The molecule has 2 aliphatic heterocycles. The summed E-state index contributed by atoms with van der Waals surface area (Å²) in [5, 5.41) is 13.8. The van der Waals surface area contributed by atoms with E-state index in [0.29, 0.717) is 17.9 Å². The van der Waals surface area contributed by atoms with Crippen LogP contribution < -0.4 is 10.1 Å². The summed E-state index contributed by atoms with van der Waals surface area (Å²) in [7, 11) is 2.13. The lowest BCUT2D eigenvalue weighted by Crippen LogP contribution is -2.64. The topological polar surface area (TPSA) is 78.9 Å². The number of phenolic OH excluding ortho intramolecular Hbond substituents is 1. The molecular weight excluding hydrogens is 380 g/mol. The average Bonchev–Trinajstić information content (AvgIpc) is 3.07. The number of rotatable bonds is 6. The number of phenols is 1. The van der Waals surface area contributed by atoms with Crippen LogP contribution in [0.25, 0.3) is 0 Å². The molecule has 0 saturated carbocycles. The second kappa shape index (κ2) is 7.12. The normalized spacial score (nSPS) is 30.7. The minimum absolute atomic E-state index is 0.0164. The Labute approximate surface area is 177 Å². The maximum Gasteiger partial charge on any atom is 0.224 e. The van der Waals surface area contributed by atoms with E-state index in [0.717, 1.165) is 56.2 Å². The Hall–Kier alpha value is -2.34. The quantitative estimate of drug-likeness (QED) is 0.704. The highest BCUT2D eigenvalue weighted by molar-refractivity contribution is 5.99. The van der Waals surface area contributed by atoms with Gasteiger partial charge in [-0.1, -0.05) is 32.3 Å². The highest BCUT2D eigenvalue weighted by Gasteiger charge is 2.64. The van der Waals surface area contributed by atoms with Gasteiger partial charge in [-0.25, -0.2) is 0 Å². The molecule has 2 N–H and O–H groups in total. The molecule has 0 aromatic heterocycles. The number of carbonyl (C=O) groups excluding carboxylic acids is 2. The maximum absolute atomic E-state index is 12.8. The lowest BCUT2D eigenvalue weighted by atomic mass is 9.53. The summed E-state index contributed by atoms with van der Waals surface area (Å²) in [6.45, 7) is 3.04. The number of amides is 1. The smallest absolute Gasteiger partial charge is 0.224 e. The van der Waals surface area contributed by atoms with E-state index in [2.05, 4.69) is 30.3 Å². The molecule has 1 aromatic rings. The zero-order chi connectivity index (χ0) is 21.0. The number of benzene rings is 1. The van der Waals surface area contributed by atoms with Gasteiger partial charge >= 0.3 is 0 Å². The predicted octanol–water partition coefficient (Wildman–Crippen LogP) is 3.32. The van der Waals surface area contributed by atoms with Crippen LogP contribution in [-0.2, 0) is 21.4 Å². The number of piperidine rings is 1. The standard InChI is InChI=1S/C24H30N2O4/c1-3-4-5-6-7-20(29)25-16-13-19(28)22-21-14(16)12-17-15-8-9-18(27)23(30-22)24(15,21)10-11-26(17)2/h8-9,13,15,17,23,28H,3-7,10-12H2,1-2H3,(H,25,29)/t15-,17+,23-,24-/m0/s1. The monoisotopic (exact) mass is 410 g/mol. The summed E-state index contributed by atoms with van der Waals surface area (Å²) in [5.74, 6) is 0.588. The molecule has 160 valence electrons. The fourth-order valence-corrected chi connectivity index (χ4v) is 6.20. The number of aromatic hydroxyl groups is 1. The molecule has 6 nitrogen and oxygen atoms in total. The van der Waals surface area contributed by atoms with E-state index in [1.54, 1.807) is 12.1 Å². The van der Waals surface area contributed by atoms with Crippen molar-refractivity contribution >= 4 is 17.4 Å². The Morgan fingerprint density at radius 1 is 1.37 bits per heavy atom. The van der Waals surface area contributed by atoms with Crippen LogP contribution in [0.15, 0.2) is 18.2 Å². The van der Waals surface area contributed by atoms with E-state index in [1.165, 1.54) is 0 Å². The summed E-state index contributed by atoms with van der Waals surface area (Å²) in [4.78, 5) is 27.7. The zero-order valence-electron chi connectivity index (χ0n) is 17.7. The SMILES string of the molecule is CCCCCCC(=O)Nc1cc(O)c2c3c1C[C@@H]1[C@@H]4C=CC(=O)[C@H](O2)[C@]34CCN1C. The number of hydrogen-bond donors (Lipinski definition) is 2. The first-order valence-corrected chi connectivity index (χ1v) is 11.3. The van der Waals surface area contributed by atoms with Crippen LogP contribution in [0.5, 0.6) is 11.5 Å².